The molecule has 5 heteroatoms. The van der Waals surface area contributed by atoms with Crippen LogP contribution in [0, 0.1) is 0 Å². The quantitative estimate of drug-likeness (QED) is 0.910. The summed E-state index contributed by atoms with van der Waals surface area (Å²) in [7, 11) is 0. The number of benzene rings is 1. The summed E-state index contributed by atoms with van der Waals surface area (Å²) in [5, 5.41) is 11.9. The van der Waals surface area contributed by atoms with E-state index in [9.17, 15) is 5.11 Å². The molecule has 3 N–H and O–H groups in total. The molecule has 2 unspecified atom stereocenters. The fourth-order valence-electron chi connectivity index (χ4n) is 2.75. The molecule has 0 spiro atoms. The standard InChI is InChI=1S/C15H19ClN2O2/c16-11-3-4-13-10(7-11)8-14(20-13)15(19)12(17)9-18-5-1-2-6-18/h3-4,7-8,12,15,19H,1-2,5-6,9,17H2. The Morgan fingerprint density at radius 1 is 1.30 bits per heavy atom. The van der Waals surface area contributed by atoms with Crippen molar-refractivity contribution in [3.63, 3.8) is 0 Å². The number of rotatable bonds is 4. The summed E-state index contributed by atoms with van der Waals surface area (Å²) in [5.74, 6) is 0.508. The average molecular weight is 295 g/mol. The molecule has 20 heavy (non-hydrogen) atoms. The van der Waals surface area contributed by atoms with Gasteiger partial charge in [-0.1, -0.05) is 11.6 Å². The first-order valence-electron chi connectivity index (χ1n) is 6.98. The van der Waals surface area contributed by atoms with Gasteiger partial charge in [0.05, 0.1) is 6.04 Å². The van der Waals surface area contributed by atoms with Crippen molar-refractivity contribution in [1.29, 1.82) is 0 Å². The average Bonchev–Trinajstić information content (AvgIpc) is 3.06. The van der Waals surface area contributed by atoms with Crippen molar-refractivity contribution in [2.45, 2.75) is 25.0 Å². The van der Waals surface area contributed by atoms with Crippen molar-refractivity contribution >= 4 is 22.6 Å². The third-order valence-corrected chi connectivity index (χ3v) is 4.10. The Balaban J connectivity index is 1.75. The van der Waals surface area contributed by atoms with Gasteiger partial charge in [0, 0.05) is 17.0 Å². The molecule has 1 fully saturated rings. The molecule has 3 rings (SSSR count). The normalized spacial score (nSPS) is 19.6. The minimum absolute atomic E-state index is 0.343. The van der Waals surface area contributed by atoms with Crippen LogP contribution in [0.1, 0.15) is 24.7 Å². The number of nitrogens with two attached hydrogens (primary N) is 1. The minimum Gasteiger partial charge on any atom is -0.458 e. The summed E-state index contributed by atoms with van der Waals surface area (Å²) in [6.45, 7) is 2.82. The van der Waals surface area contributed by atoms with E-state index in [0.29, 0.717) is 17.3 Å². The van der Waals surface area contributed by atoms with Gasteiger partial charge in [-0.15, -0.1) is 0 Å². The van der Waals surface area contributed by atoms with E-state index in [0.717, 1.165) is 24.1 Å². The van der Waals surface area contributed by atoms with E-state index in [-0.39, 0.29) is 6.04 Å². The van der Waals surface area contributed by atoms with Gasteiger partial charge in [0.1, 0.15) is 17.4 Å². The van der Waals surface area contributed by atoms with Crippen LogP contribution in [0.2, 0.25) is 5.02 Å². The van der Waals surface area contributed by atoms with E-state index in [2.05, 4.69) is 4.90 Å². The number of halogens is 1. The van der Waals surface area contributed by atoms with E-state index >= 15 is 0 Å². The number of furan rings is 1. The molecule has 0 aliphatic carbocycles. The third-order valence-electron chi connectivity index (χ3n) is 3.86. The Labute approximate surface area is 123 Å². The Morgan fingerprint density at radius 3 is 2.80 bits per heavy atom. The predicted molar refractivity (Wildman–Crippen MR) is 79.8 cm³/mol. The van der Waals surface area contributed by atoms with E-state index in [1.807, 2.05) is 12.1 Å². The number of hydrogen-bond donors (Lipinski definition) is 2. The van der Waals surface area contributed by atoms with Gasteiger partial charge in [0.25, 0.3) is 0 Å². The van der Waals surface area contributed by atoms with Crippen molar-refractivity contribution in [3.05, 3.63) is 35.0 Å². The van der Waals surface area contributed by atoms with Crippen molar-refractivity contribution < 1.29 is 9.52 Å². The van der Waals surface area contributed by atoms with E-state index in [1.54, 1.807) is 12.1 Å². The lowest BCUT2D eigenvalue weighted by molar-refractivity contribution is 0.106. The van der Waals surface area contributed by atoms with Gasteiger partial charge in [0.2, 0.25) is 0 Å². The predicted octanol–water partition coefficient (Wildman–Crippen LogP) is 2.54. The van der Waals surface area contributed by atoms with Crippen molar-refractivity contribution in [2.75, 3.05) is 19.6 Å². The van der Waals surface area contributed by atoms with Gasteiger partial charge in [-0.3, -0.25) is 0 Å². The monoisotopic (exact) mass is 294 g/mol. The van der Waals surface area contributed by atoms with E-state index in [4.69, 9.17) is 21.8 Å². The van der Waals surface area contributed by atoms with Gasteiger partial charge in [0.15, 0.2) is 0 Å². The van der Waals surface area contributed by atoms with Crippen molar-refractivity contribution in [2.24, 2.45) is 5.73 Å². The maximum absolute atomic E-state index is 10.3. The van der Waals surface area contributed by atoms with Gasteiger partial charge in [-0.25, -0.2) is 0 Å². The molecule has 4 nitrogen and oxygen atoms in total. The lowest BCUT2D eigenvalue weighted by Crippen LogP contribution is -2.40. The molecule has 1 aliphatic rings. The van der Waals surface area contributed by atoms with Crippen LogP contribution >= 0.6 is 11.6 Å². The molecule has 0 radical (unpaired) electrons. The summed E-state index contributed by atoms with van der Waals surface area (Å²) in [4.78, 5) is 2.29. The van der Waals surface area contributed by atoms with E-state index in [1.165, 1.54) is 12.8 Å². The molecule has 2 aromatic rings. The van der Waals surface area contributed by atoms with Gasteiger partial charge < -0.3 is 20.2 Å². The summed E-state index contributed by atoms with van der Waals surface area (Å²) in [6, 6.07) is 6.87. The van der Waals surface area contributed by atoms with Crippen molar-refractivity contribution in [1.82, 2.24) is 4.90 Å². The lowest BCUT2D eigenvalue weighted by atomic mass is 10.1. The van der Waals surface area contributed by atoms with Crippen LogP contribution in [0.3, 0.4) is 0 Å². The molecular weight excluding hydrogens is 276 g/mol. The number of aliphatic hydroxyl groups is 1. The van der Waals surface area contributed by atoms with Crippen LogP contribution < -0.4 is 5.73 Å². The first-order chi connectivity index (χ1) is 9.63. The zero-order valence-corrected chi connectivity index (χ0v) is 12.0. The van der Waals surface area contributed by atoms with Crippen LogP contribution in [-0.4, -0.2) is 35.7 Å². The first-order valence-corrected chi connectivity index (χ1v) is 7.36. The Morgan fingerprint density at radius 2 is 2.05 bits per heavy atom. The maximum Gasteiger partial charge on any atom is 0.135 e. The van der Waals surface area contributed by atoms with Crippen LogP contribution in [0.4, 0.5) is 0 Å². The van der Waals surface area contributed by atoms with Gasteiger partial charge in [-0.2, -0.15) is 0 Å². The molecule has 0 saturated carbocycles. The third kappa shape index (κ3) is 2.83. The molecule has 0 bridgehead atoms. The summed E-state index contributed by atoms with van der Waals surface area (Å²) < 4.78 is 5.66. The SMILES string of the molecule is NC(CN1CCCC1)C(O)c1cc2cc(Cl)ccc2o1. The Hall–Kier alpha value is -1.07. The second kappa shape index (κ2) is 5.74. The van der Waals surface area contributed by atoms with Crippen LogP contribution in [0.25, 0.3) is 11.0 Å². The molecule has 108 valence electrons. The molecular formula is C15H19ClN2O2. The second-order valence-electron chi connectivity index (χ2n) is 5.45. The highest BCUT2D eigenvalue weighted by molar-refractivity contribution is 6.31. The molecule has 2 heterocycles. The maximum atomic E-state index is 10.3. The fraction of sp³-hybridized carbons (Fsp3) is 0.467. The van der Waals surface area contributed by atoms with E-state index < -0.39 is 6.10 Å². The summed E-state index contributed by atoms with van der Waals surface area (Å²) >= 11 is 5.95. The Bertz CT molecular complexity index is 593. The molecule has 1 aliphatic heterocycles. The van der Waals surface area contributed by atoms with Gasteiger partial charge >= 0.3 is 0 Å². The highest BCUT2D eigenvalue weighted by Crippen LogP contribution is 2.27. The highest BCUT2D eigenvalue weighted by Gasteiger charge is 2.24. The number of hydrogen-bond acceptors (Lipinski definition) is 4. The molecule has 2 atom stereocenters. The molecule has 1 saturated heterocycles. The number of nitrogens with zero attached hydrogens (tertiary/aromatic N) is 1. The topological polar surface area (TPSA) is 62.6 Å². The van der Waals surface area contributed by atoms with Crippen LogP contribution in [0.5, 0.6) is 0 Å². The van der Waals surface area contributed by atoms with Crippen LogP contribution in [-0.2, 0) is 0 Å². The fourth-order valence-corrected chi connectivity index (χ4v) is 2.94. The second-order valence-corrected chi connectivity index (χ2v) is 5.88. The number of fused-ring (bicyclic) bond motifs is 1. The zero-order chi connectivity index (χ0) is 14.1. The largest absolute Gasteiger partial charge is 0.458 e. The molecule has 1 aromatic carbocycles. The Kier molecular flexibility index (Phi) is 3.98. The summed E-state index contributed by atoms with van der Waals surface area (Å²) in [5.41, 5.74) is 6.82. The van der Waals surface area contributed by atoms with Crippen molar-refractivity contribution in [3.8, 4) is 0 Å². The lowest BCUT2D eigenvalue weighted by Gasteiger charge is -2.23. The van der Waals surface area contributed by atoms with Crippen LogP contribution in [0.15, 0.2) is 28.7 Å². The minimum atomic E-state index is -0.790. The smallest absolute Gasteiger partial charge is 0.135 e. The van der Waals surface area contributed by atoms with Gasteiger partial charge in [-0.05, 0) is 50.2 Å². The number of likely N-dealkylation sites (tertiary alicyclic amines) is 1. The molecule has 0 amide bonds. The zero-order valence-electron chi connectivity index (χ0n) is 11.3. The number of aliphatic hydroxyl groups excluding tert-OH is 1. The first kappa shape index (κ1) is 13.9. The molecule has 1 aromatic heterocycles. The summed E-state index contributed by atoms with van der Waals surface area (Å²) in [6.07, 6.45) is 1.64. The highest BCUT2D eigenvalue weighted by atomic mass is 35.5.